The van der Waals surface area contributed by atoms with E-state index in [1.54, 1.807) is 6.20 Å². The predicted molar refractivity (Wildman–Crippen MR) is 70.6 cm³/mol. The molecule has 0 radical (unpaired) electrons. The third-order valence-corrected chi connectivity index (χ3v) is 2.65. The molecule has 2 rings (SSSR count). The maximum atomic E-state index is 5.58. The lowest BCUT2D eigenvalue weighted by atomic mass is 9.90. The number of anilines is 1. The molecular formula is C14H17N3. The standard InChI is InChI=1S/C14H17N3/c1-14(2,3)12-8-10(6-7-16-12)11-4-5-13(15)17-9-11/h4-9H,1-3H3,(H2,15,17). The molecule has 0 aromatic carbocycles. The van der Waals surface area contributed by atoms with Crippen LogP contribution in [0.2, 0.25) is 0 Å². The number of hydrogen-bond donors (Lipinski definition) is 1. The van der Waals surface area contributed by atoms with E-state index in [9.17, 15) is 0 Å². The van der Waals surface area contributed by atoms with E-state index in [-0.39, 0.29) is 5.41 Å². The smallest absolute Gasteiger partial charge is 0.123 e. The molecule has 0 aliphatic rings. The van der Waals surface area contributed by atoms with E-state index in [2.05, 4.69) is 36.8 Å². The van der Waals surface area contributed by atoms with E-state index in [1.165, 1.54) is 0 Å². The van der Waals surface area contributed by atoms with Gasteiger partial charge in [0.15, 0.2) is 0 Å². The first-order valence-corrected chi connectivity index (χ1v) is 5.65. The molecule has 3 nitrogen and oxygen atoms in total. The lowest BCUT2D eigenvalue weighted by molar-refractivity contribution is 0.569. The Morgan fingerprint density at radius 1 is 1.00 bits per heavy atom. The Bertz CT molecular complexity index is 510. The largest absolute Gasteiger partial charge is 0.384 e. The van der Waals surface area contributed by atoms with Crippen molar-refractivity contribution in [2.75, 3.05) is 5.73 Å². The van der Waals surface area contributed by atoms with Crippen LogP contribution in [0.1, 0.15) is 26.5 Å². The van der Waals surface area contributed by atoms with Gasteiger partial charge in [-0.15, -0.1) is 0 Å². The minimum atomic E-state index is 0.0528. The van der Waals surface area contributed by atoms with Gasteiger partial charge in [-0.3, -0.25) is 4.98 Å². The van der Waals surface area contributed by atoms with E-state index in [4.69, 9.17) is 5.73 Å². The fourth-order valence-electron chi connectivity index (χ4n) is 1.60. The Morgan fingerprint density at radius 2 is 1.76 bits per heavy atom. The average Bonchev–Trinajstić information content (AvgIpc) is 2.29. The molecule has 2 heterocycles. The second kappa shape index (κ2) is 4.17. The minimum Gasteiger partial charge on any atom is -0.384 e. The summed E-state index contributed by atoms with van der Waals surface area (Å²) < 4.78 is 0. The molecule has 0 saturated carbocycles. The zero-order valence-electron chi connectivity index (χ0n) is 10.4. The molecule has 2 N–H and O–H groups in total. The molecule has 0 aliphatic heterocycles. The van der Waals surface area contributed by atoms with Crippen molar-refractivity contribution in [3.05, 3.63) is 42.4 Å². The van der Waals surface area contributed by atoms with Gasteiger partial charge < -0.3 is 5.73 Å². The molecule has 0 atom stereocenters. The van der Waals surface area contributed by atoms with Gasteiger partial charge in [0.25, 0.3) is 0 Å². The fraction of sp³-hybridized carbons (Fsp3) is 0.286. The number of hydrogen-bond acceptors (Lipinski definition) is 3. The van der Waals surface area contributed by atoms with E-state index in [0.29, 0.717) is 5.82 Å². The van der Waals surface area contributed by atoms with Gasteiger partial charge in [0, 0.05) is 29.1 Å². The van der Waals surface area contributed by atoms with Crippen molar-refractivity contribution in [2.45, 2.75) is 26.2 Å². The summed E-state index contributed by atoms with van der Waals surface area (Å²) >= 11 is 0. The quantitative estimate of drug-likeness (QED) is 0.814. The van der Waals surface area contributed by atoms with Crippen molar-refractivity contribution in [2.24, 2.45) is 0 Å². The molecule has 2 aromatic rings. The average molecular weight is 227 g/mol. The Hall–Kier alpha value is -1.90. The van der Waals surface area contributed by atoms with Crippen molar-refractivity contribution in [3.8, 4) is 11.1 Å². The molecule has 0 bridgehead atoms. The van der Waals surface area contributed by atoms with E-state index >= 15 is 0 Å². The van der Waals surface area contributed by atoms with Gasteiger partial charge in [-0.05, 0) is 29.8 Å². The summed E-state index contributed by atoms with van der Waals surface area (Å²) in [6.07, 6.45) is 3.63. The maximum absolute atomic E-state index is 5.58. The summed E-state index contributed by atoms with van der Waals surface area (Å²) in [6, 6.07) is 7.88. The third kappa shape index (κ3) is 2.61. The van der Waals surface area contributed by atoms with Crippen molar-refractivity contribution < 1.29 is 0 Å². The van der Waals surface area contributed by atoms with E-state index in [0.717, 1.165) is 16.8 Å². The Kier molecular flexibility index (Phi) is 2.84. The highest BCUT2D eigenvalue weighted by molar-refractivity contribution is 5.63. The first-order chi connectivity index (χ1) is 7.97. The SMILES string of the molecule is CC(C)(C)c1cc(-c2ccc(N)nc2)ccn1. The molecule has 0 saturated heterocycles. The van der Waals surface area contributed by atoms with Gasteiger partial charge >= 0.3 is 0 Å². The first kappa shape index (κ1) is 11.6. The molecule has 2 aromatic heterocycles. The maximum Gasteiger partial charge on any atom is 0.123 e. The summed E-state index contributed by atoms with van der Waals surface area (Å²) in [5.74, 6) is 0.541. The van der Waals surface area contributed by atoms with Crippen LogP contribution in [0.4, 0.5) is 5.82 Å². The molecule has 0 unspecified atom stereocenters. The van der Waals surface area contributed by atoms with Gasteiger partial charge in [0.05, 0.1) is 0 Å². The zero-order valence-corrected chi connectivity index (χ0v) is 10.4. The van der Waals surface area contributed by atoms with Crippen LogP contribution >= 0.6 is 0 Å². The van der Waals surface area contributed by atoms with Crippen LogP contribution in [-0.4, -0.2) is 9.97 Å². The molecule has 0 fully saturated rings. The van der Waals surface area contributed by atoms with Crippen LogP contribution in [0.15, 0.2) is 36.7 Å². The molecule has 88 valence electrons. The van der Waals surface area contributed by atoms with Gasteiger partial charge in [0.1, 0.15) is 5.82 Å². The Labute approximate surface area is 102 Å². The van der Waals surface area contributed by atoms with Crippen LogP contribution in [0.25, 0.3) is 11.1 Å². The van der Waals surface area contributed by atoms with Crippen molar-refractivity contribution in [3.63, 3.8) is 0 Å². The van der Waals surface area contributed by atoms with Crippen LogP contribution in [0.5, 0.6) is 0 Å². The van der Waals surface area contributed by atoms with Crippen molar-refractivity contribution in [1.29, 1.82) is 0 Å². The van der Waals surface area contributed by atoms with Gasteiger partial charge in [-0.1, -0.05) is 20.8 Å². The Balaban J connectivity index is 2.43. The summed E-state index contributed by atoms with van der Waals surface area (Å²) in [6.45, 7) is 6.46. The fourth-order valence-corrected chi connectivity index (χ4v) is 1.60. The Morgan fingerprint density at radius 3 is 2.35 bits per heavy atom. The number of rotatable bonds is 1. The summed E-state index contributed by atoms with van der Waals surface area (Å²) in [4.78, 5) is 8.51. The number of aromatic nitrogens is 2. The lowest BCUT2D eigenvalue weighted by Crippen LogP contribution is -2.13. The molecule has 17 heavy (non-hydrogen) atoms. The van der Waals surface area contributed by atoms with Gasteiger partial charge in [-0.2, -0.15) is 0 Å². The van der Waals surface area contributed by atoms with Crippen LogP contribution in [0, 0.1) is 0 Å². The second-order valence-electron chi connectivity index (χ2n) is 5.15. The van der Waals surface area contributed by atoms with Crippen LogP contribution in [-0.2, 0) is 5.41 Å². The van der Waals surface area contributed by atoms with Crippen LogP contribution < -0.4 is 5.73 Å². The highest BCUT2D eigenvalue weighted by Gasteiger charge is 2.15. The van der Waals surface area contributed by atoms with E-state index < -0.39 is 0 Å². The zero-order chi connectivity index (χ0) is 12.5. The van der Waals surface area contributed by atoms with Gasteiger partial charge in [-0.25, -0.2) is 4.98 Å². The number of nitrogens with two attached hydrogens (primary N) is 1. The number of nitrogen functional groups attached to an aromatic ring is 1. The molecular weight excluding hydrogens is 210 g/mol. The monoisotopic (exact) mass is 227 g/mol. The second-order valence-corrected chi connectivity index (χ2v) is 5.15. The highest BCUT2D eigenvalue weighted by Crippen LogP contribution is 2.25. The van der Waals surface area contributed by atoms with Crippen molar-refractivity contribution in [1.82, 2.24) is 9.97 Å². The molecule has 3 heteroatoms. The summed E-state index contributed by atoms with van der Waals surface area (Å²) in [5, 5.41) is 0. The molecule has 0 amide bonds. The normalized spacial score (nSPS) is 11.5. The summed E-state index contributed by atoms with van der Waals surface area (Å²) in [7, 11) is 0. The predicted octanol–water partition coefficient (Wildman–Crippen LogP) is 3.02. The molecule has 0 aliphatic carbocycles. The van der Waals surface area contributed by atoms with Crippen molar-refractivity contribution >= 4 is 5.82 Å². The van der Waals surface area contributed by atoms with Gasteiger partial charge in [0.2, 0.25) is 0 Å². The highest BCUT2D eigenvalue weighted by atomic mass is 14.8. The van der Waals surface area contributed by atoms with E-state index in [1.807, 2.05) is 24.4 Å². The molecule has 0 spiro atoms. The van der Waals surface area contributed by atoms with Crippen LogP contribution in [0.3, 0.4) is 0 Å². The minimum absolute atomic E-state index is 0.0528. The first-order valence-electron chi connectivity index (χ1n) is 5.65. The number of nitrogens with zero attached hydrogens (tertiary/aromatic N) is 2. The number of pyridine rings is 2. The summed E-state index contributed by atoms with van der Waals surface area (Å²) in [5.41, 5.74) is 8.89. The lowest BCUT2D eigenvalue weighted by Gasteiger charge is -2.18. The third-order valence-electron chi connectivity index (χ3n) is 2.65. The topological polar surface area (TPSA) is 51.8 Å².